The molecule has 0 bridgehead atoms. The number of rotatable bonds is 7. The Bertz CT molecular complexity index is 1120. The summed E-state index contributed by atoms with van der Waals surface area (Å²) in [5.74, 6) is 1.99. The third kappa shape index (κ3) is 3.93. The van der Waals surface area contributed by atoms with Gasteiger partial charge in [-0.3, -0.25) is 9.20 Å². The fraction of sp³-hybridized carbons (Fsp3) is 0.250. The Morgan fingerprint density at radius 2 is 2.03 bits per heavy atom. The second-order valence-electron chi connectivity index (χ2n) is 6.39. The number of carbonyl (C=O) groups excluding carboxylic acids is 1. The van der Waals surface area contributed by atoms with Gasteiger partial charge in [0.25, 0.3) is 11.8 Å². The number of nitrogens with zero attached hydrogens (tertiary/aromatic N) is 5. The van der Waals surface area contributed by atoms with Gasteiger partial charge in [-0.1, -0.05) is 30.3 Å². The highest BCUT2D eigenvalue weighted by atomic mass is 16.5. The van der Waals surface area contributed by atoms with Crippen LogP contribution in [-0.2, 0) is 17.8 Å². The molecule has 0 aliphatic heterocycles. The molecule has 1 aromatic carbocycles. The van der Waals surface area contributed by atoms with Gasteiger partial charge in [-0.25, -0.2) is 0 Å². The molecule has 0 radical (unpaired) electrons. The average molecular weight is 392 g/mol. The Kier molecular flexibility index (Phi) is 5.19. The Morgan fingerprint density at radius 1 is 1.21 bits per heavy atom. The minimum Gasteiger partial charge on any atom is -0.481 e. The minimum atomic E-state index is -0.641. The molecule has 4 rings (SSSR count). The Labute approximate surface area is 166 Å². The van der Waals surface area contributed by atoms with E-state index in [1.54, 1.807) is 23.5 Å². The van der Waals surface area contributed by atoms with Crippen molar-refractivity contribution in [2.45, 2.75) is 32.9 Å². The van der Waals surface area contributed by atoms with E-state index >= 15 is 0 Å². The van der Waals surface area contributed by atoms with Crippen molar-refractivity contribution in [3.8, 4) is 17.2 Å². The second kappa shape index (κ2) is 8.09. The van der Waals surface area contributed by atoms with Crippen molar-refractivity contribution in [1.82, 2.24) is 30.1 Å². The molecule has 4 aromatic rings. The molecule has 9 nitrogen and oxygen atoms in total. The highest BCUT2D eigenvalue weighted by molar-refractivity contribution is 5.80. The topological polar surface area (TPSA) is 107 Å². The van der Waals surface area contributed by atoms with E-state index in [0.29, 0.717) is 40.9 Å². The first-order valence-corrected chi connectivity index (χ1v) is 9.30. The van der Waals surface area contributed by atoms with Crippen LogP contribution < -0.4 is 10.1 Å². The number of hydrogen-bond acceptors (Lipinski definition) is 7. The molecular weight excluding hydrogens is 372 g/mol. The van der Waals surface area contributed by atoms with E-state index in [1.807, 2.05) is 43.5 Å². The summed E-state index contributed by atoms with van der Waals surface area (Å²) < 4.78 is 12.7. The van der Waals surface area contributed by atoms with E-state index in [4.69, 9.17) is 9.26 Å². The molecule has 3 aromatic heterocycles. The van der Waals surface area contributed by atoms with E-state index in [9.17, 15) is 4.79 Å². The van der Waals surface area contributed by atoms with Gasteiger partial charge in [-0.15, -0.1) is 10.2 Å². The lowest BCUT2D eigenvalue weighted by Gasteiger charge is -2.14. The van der Waals surface area contributed by atoms with E-state index in [-0.39, 0.29) is 12.5 Å². The maximum atomic E-state index is 12.4. The van der Waals surface area contributed by atoms with Crippen LogP contribution in [0.1, 0.15) is 25.5 Å². The Morgan fingerprint density at radius 3 is 2.79 bits per heavy atom. The van der Waals surface area contributed by atoms with Crippen LogP contribution in [0.2, 0.25) is 0 Å². The van der Waals surface area contributed by atoms with Gasteiger partial charge in [0, 0.05) is 12.6 Å². The zero-order valence-electron chi connectivity index (χ0n) is 16.1. The summed E-state index contributed by atoms with van der Waals surface area (Å²) in [7, 11) is 0. The summed E-state index contributed by atoms with van der Waals surface area (Å²) in [6.07, 6.45) is 1.86. The normalized spacial score (nSPS) is 12.1. The van der Waals surface area contributed by atoms with Crippen LogP contribution in [-0.4, -0.2) is 36.7 Å². The largest absolute Gasteiger partial charge is 0.481 e. The van der Waals surface area contributed by atoms with Crippen molar-refractivity contribution in [1.29, 1.82) is 0 Å². The van der Waals surface area contributed by atoms with Crippen molar-refractivity contribution in [3.63, 3.8) is 0 Å². The summed E-state index contributed by atoms with van der Waals surface area (Å²) >= 11 is 0. The molecule has 3 heterocycles. The first-order valence-electron chi connectivity index (χ1n) is 9.30. The average Bonchev–Trinajstić information content (AvgIpc) is 3.39. The minimum absolute atomic E-state index is 0.204. The summed E-state index contributed by atoms with van der Waals surface area (Å²) in [6.45, 7) is 3.86. The maximum absolute atomic E-state index is 12.4. The fourth-order valence-electron chi connectivity index (χ4n) is 2.82. The van der Waals surface area contributed by atoms with Crippen molar-refractivity contribution in [2.24, 2.45) is 0 Å². The standard InChI is InChI=1S/C20H20N6O3/c1-3-16-22-20(29-25-16)15-10-7-11-26-17(23-24-18(15)26)12-21-19(27)13(2)28-14-8-5-4-6-9-14/h4-11,13H,3,12H2,1-2H3,(H,21,27)/t13-/m0/s1. The van der Waals surface area contributed by atoms with Crippen LogP contribution in [0.15, 0.2) is 53.2 Å². The molecule has 1 amide bonds. The highest BCUT2D eigenvalue weighted by Crippen LogP contribution is 2.22. The lowest BCUT2D eigenvalue weighted by atomic mass is 10.2. The van der Waals surface area contributed by atoms with Crippen LogP contribution >= 0.6 is 0 Å². The first kappa shape index (κ1) is 18.6. The molecule has 0 saturated heterocycles. The number of nitrogens with one attached hydrogen (secondary N) is 1. The monoisotopic (exact) mass is 392 g/mol. The summed E-state index contributed by atoms with van der Waals surface area (Å²) in [5.41, 5.74) is 1.27. The van der Waals surface area contributed by atoms with Crippen LogP contribution in [0.5, 0.6) is 5.75 Å². The zero-order valence-corrected chi connectivity index (χ0v) is 16.1. The second-order valence-corrected chi connectivity index (χ2v) is 6.39. The van der Waals surface area contributed by atoms with Gasteiger partial charge >= 0.3 is 0 Å². The van der Waals surface area contributed by atoms with Crippen LogP contribution in [0.25, 0.3) is 17.1 Å². The molecular formula is C20H20N6O3. The summed E-state index contributed by atoms with van der Waals surface area (Å²) in [4.78, 5) is 16.7. The quantitative estimate of drug-likeness (QED) is 0.515. The Balaban J connectivity index is 1.47. The molecule has 1 atom stereocenters. The van der Waals surface area contributed by atoms with Crippen LogP contribution in [0, 0.1) is 0 Å². The number of pyridine rings is 1. The SMILES string of the molecule is CCc1noc(-c2cccn3c(CNC(=O)[C@H](C)Oc4ccccc4)nnc23)n1. The molecule has 1 N–H and O–H groups in total. The number of carbonyl (C=O) groups is 1. The molecule has 0 aliphatic carbocycles. The number of fused-ring (bicyclic) bond motifs is 1. The van der Waals surface area contributed by atoms with Crippen LogP contribution in [0.3, 0.4) is 0 Å². The molecule has 0 fully saturated rings. The van der Waals surface area contributed by atoms with Gasteiger partial charge in [0.15, 0.2) is 23.4 Å². The van der Waals surface area contributed by atoms with Gasteiger partial charge in [0.1, 0.15) is 5.75 Å². The van der Waals surface area contributed by atoms with Crippen molar-refractivity contribution >= 4 is 11.6 Å². The zero-order chi connectivity index (χ0) is 20.2. The molecule has 0 saturated carbocycles. The number of amides is 1. The van der Waals surface area contributed by atoms with E-state index in [0.717, 1.165) is 0 Å². The van der Waals surface area contributed by atoms with Gasteiger partial charge in [-0.2, -0.15) is 4.98 Å². The first-order chi connectivity index (χ1) is 14.2. The predicted octanol–water partition coefficient (Wildman–Crippen LogP) is 2.43. The van der Waals surface area contributed by atoms with E-state index < -0.39 is 6.10 Å². The van der Waals surface area contributed by atoms with Crippen molar-refractivity contribution in [2.75, 3.05) is 0 Å². The number of hydrogen-bond donors (Lipinski definition) is 1. The van der Waals surface area contributed by atoms with Gasteiger partial charge in [0.2, 0.25) is 0 Å². The molecule has 0 aliphatic rings. The van der Waals surface area contributed by atoms with Gasteiger partial charge < -0.3 is 14.6 Å². The number of benzene rings is 1. The highest BCUT2D eigenvalue weighted by Gasteiger charge is 2.18. The predicted molar refractivity (Wildman–Crippen MR) is 104 cm³/mol. The van der Waals surface area contributed by atoms with Crippen molar-refractivity contribution in [3.05, 3.63) is 60.3 Å². The lowest BCUT2D eigenvalue weighted by Crippen LogP contribution is -2.36. The fourth-order valence-corrected chi connectivity index (χ4v) is 2.82. The molecule has 0 unspecified atom stereocenters. The lowest BCUT2D eigenvalue weighted by molar-refractivity contribution is -0.127. The molecule has 9 heteroatoms. The molecule has 0 spiro atoms. The molecule has 148 valence electrons. The summed E-state index contributed by atoms with van der Waals surface area (Å²) in [6, 6.07) is 12.9. The number of aromatic nitrogens is 5. The van der Waals surface area contributed by atoms with Crippen LogP contribution in [0.4, 0.5) is 0 Å². The van der Waals surface area contributed by atoms with Gasteiger partial charge in [-0.05, 0) is 31.2 Å². The Hall–Kier alpha value is -3.75. The number of ether oxygens (including phenoxy) is 1. The van der Waals surface area contributed by atoms with E-state index in [1.165, 1.54) is 0 Å². The molecule has 29 heavy (non-hydrogen) atoms. The van der Waals surface area contributed by atoms with Gasteiger partial charge in [0.05, 0.1) is 12.1 Å². The van der Waals surface area contributed by atoms with E-state index in [2.05, 4.69) is 25.7 Å². The number of aryl methyl sites for hydroxylation is 1. The third-order valence-corrected chi connectivity index (χ3v) is 4.37. The van der Waals surface area contributed by atoms with Crippen molar-refractivity contribution < 1.29 is 14.1 Å². The maximum Gasteiger partial charge on any atom is 0.261 e. The number of para-hydroxylation sites is 1. The summed E-state index contributed by atoms with van der Waals surface area (Å²) in [5, 5.41) is 15.2. The third-order valence-electron chi connectivity index (χ3n) is 4.37. The smallest absolute Gasteiger partial charge is 0.261 e.